The first-order chi connectivity index (χ1) is 8.29. The maximum absolute atomic E-state index is 8.82. The van der Waals surface area contributed by atoms with Crippen molar-refractivity contribution in [1.82, 2.24) is 0 Å². The molecule has 4 nitrogen and oxygen atoms in total. The summed E-state index contributed by atoms with van der Waals surface area (Å²) in [5, 5.41) is 8.82. The van der Waals surface area contributed by atoms with Gasteiger partial charge in [0.15, 0.2) is 6.29 Å². The minimum absolute atomic E-state index is 0.399. The van der Waals surface area contributed by atoms with Crippen LogP contribution < -0.4 is 0 Å². The third-order valence-corrected chi connectivity index (χ3v) is 2.07. The Morgan fingerprint density at radius 3 is 2.35 bits per heavy atom. The number of aliphatic hydroxyl groups excluding tert-OH is 1. The Balaban J connectivity index is 1.88. The summed E-state index contributed by atoms with van der Waals surface area (Å²) in [7, 11) is 0. The molecule has 0 aliphatic carbocycles. The van der Waals surface area contributed by atoms with Crippen LogP contribution in [0.2, 0.25) is 0 Å². The average molecular weight is 240 g/mol. The van der Waals surface area contributed by atoms with Crippen LogP contribution in [-0.2, 0) is 20.8 Å². The normalized spacial score (nSPS) is 12.6. The van der Waals surface area contributed by atoms with E-state index in [1.165, 1.54) is 0 Å². The van der Waals surface area contributed by atoms with E-state index in [2.05, 4.69) is 0 Å². The first-order valence-corrected chi connectivity index (χ1v) is 5.78. The fraction of sp³-hybridized carbons (Fsp3) is 0.538. The van der Waals surface area contributed by atoms with Gasteiger partial charge in [-0.05, 0) is 12.5 Å². The standard InChI is InChI=1S/C13H20O4/c1-12(14)17-10-9-15-7-8-16-11-13-5-3-2-4-6-13/h2-6,12,14H,7-11H2,1H3. The van der Waals surface area contributed by atoms with Crippen molar-refractivity contribution < 1.29 is 19.3 Å². The number of ether oxygens (including phenoxy) is 3. The highest BCUT2D eigenvalue weighted by Gasteiger charge is 1.95. The molecule has 17 heavy (non-hydrogen) atoms. The average Bonchev–Trinajstić information content (AvgIpc) is 2.33. The van der Waals surface area contributed by atoms with E-state index in [4.69, 9.17) is 19.3 Å². The van der Waals surface area contributed by atoms with Crippen molar-refractivity contribution in [3.63, 3.8) is 0 Å². The summed E-state index contributed by atoms with van der Waals surface area (Å²) in [5.41, 5.74) is 1.16. The highest BCUT2D eigenvalue weighted by atomic mass is 16.6. The smallest absolute Gasteiger partial charge is 0.151 e. The summed E-state index contributed by atoms with van der Waals surface area (Å²) in [6.45, 7) is 4.15. The molecule has 0 saturated heterocycles. The van der Waals surface area contributed by atoms with Crippen LogP contribution in [0.4, 0.5) is 0 Å². The van der Waals surface area contributed by atoms with E-state index in [9.17, 15) is 0 Å². The van der Waals surface area contributed by atoms with E-state index in [-0.39, 0.29) is 0 Å². The minimum Gasteiger partial charge on any atom is -0.377 e. The summed E-state index contributed by atoms with van der Waals surface area (Å²) in [4.78, 5) is 0. The molecule has 1 aromatic carbocycles. The van der Waals surface area contributed by atoms with Crippen LogP contribution in [-0.4, -0.2) is 37.8 Å². The molecule has 0 heterocycles. The third kappa shape index (κ3) is 7.88. The van der Waals surface area contributed by atoms with Crippen molar-refractivity contribution in [1.29, 1.82) is 0 Å². The second kappa shape index (κ2) is 9.13. The summed E-state index contributed by atoms with van der Waals surface area (Å²) in [5.74, 6) is 0. The second-order valence-electron chi connectivity index (χ2n) is 3.62. The van der Waals surface area contributed by atoms with Crippen molar-refractivity contribution in [2.24, 2.45) is 0 Å². The summed E-state index contributed by atoms with van der Waals surface area (Å²) < 4.78 is 15.6. The molecule has 0 radical (unpaired) electrons. The molecule has 0 aliphatic heterocycles. The largest absolute Gasteiger partial charge is 0.377 e. The number of hydrogen-bond donors (Lipinski definition) is 1. The van der Waals surface area contributed by atoms with Crippen LogP contribution in [0.15, 0.2) is 30.3 Å². The van der Waals surface area contributed by atoms with Crippen LogP contribution in [0.1, 0.15) is 12.5 Å². The van der Waals surface area contributed by atoms with Gasteiger partial charge in [0.2, 0.25) is 0 Å². The number of rotatable bonds is 9. The molecular formula is C13H20O4. The lowest BCUT2D eigenvalue weighted by atomic mass is 10.2. The Bertz CT molecular complexity index is 274. The zero-order valence-corrected chi connectivity index (χ0v) is 10.2. The monoisotopic (exact) mass is 240 g/mol. The maximum atomic E-state index is 8.82. The molecule has 0 bridgehead atoms. The van der Waals surface area contributed by atoms with Crippen molar-refractivity contribution in [3.05, 3.63) is 35.9 Å². The molecular weight excluding hydrogens is 220 g/mol. The highest BCUT2D eigenvalue weighted by molar-refractivity contribution is 5.13. The van der Waals surface area contributed by atoms with Gasteiger partial charge in [-0.2, -0.15) is 0 Å². The Morgan fingerprint density at radius 1 is 1.00 bits per heavy atom. The first-order valence-electron chi connectivity index (χ1n) is 5.78. The zero-order valence-electron chi connectivity index (χ0n) is 10.2. The summed E-state index contributed by atoms with van der Waals surface area (Å²) in [6, 6.07) is 10.0. The van der Waals surface area contributed by atoms with E-state index in [1.807, 2.05) is 30.3 Å². The van der Waals surface area contributed by atoms with Gasteiger partial charge in [-0.15, -0.1) is 0 Å². The van der Waals surface area contributed by atoms with Gasteiger partial charge < -0.3 is 19.3 Å². The van der Waals surface area contributed by atoms with Crippen molar-refractivity contribution in [2.75, 3.05) is 26.4 Å². The van der Waals surface area contributed by atoms with Crippen LogP contribution >= 0.6 is 0 Å². The molecule has 1 N–H and O–H groups in total. The Kier molecular flexibility index (Phi) is 7.58. The van der Waals surface area contributed by atoms with E-state index < -0.39 is 6.29 Å². The van der Waals surface area contributed by atoms with Gasteiger partial charge in [0, 0.05) is 0 Å². The van der Waals surface area contributed by atoms with Crippen LogP contribution in [0.25, 0.3) is 0 Å². The summed E-state index contributed by atoms with van der Waals surface area (Å²) >= 11 is 0. The van der Waals surface area contributed by atoms with Crippen LogP contribution in [0.5, 0.6) is 0 Å². The second-order valence-corrected chi connectivity index (χ2v) is 3.62. The SMILES string of the molecule is CC(O)OCCOCCOCc1ccccc1. The van der Waals surface area contributed by atoms with Gasteiger partial charge in [-0.25, -0.2) is 0 Å². The quantitative estimate of drug-likeness (QED) is 0.526. The Hall–Kier alpha value is -0.940. The van der Waals surface area contributed by atoms with Gasteiger partial charge in [-0.3, -0.25) is 0 Å². The molecule has 96 valence electrons. The van der Waals surface area contributed by atoms with Crippen LogP contribution in [0, 0.1) is 0 Å². The number of aliphatic hydroxyl groups is 1. The van der Waals surface area contributed by atoms with E-state index in [0.29, 0.717) is 33.0 Å². The maximum Gasteiger partial charge on any atom is 0.151 e. The third-order valence-electron chi connectivity index (χ3n) is 2.07. The van der Waals surface area contributed by atoms with E-state index in [1.54, 1.807) is 6.92 Å². The predicted molar refractivity (Wildman–Crippen MR) is 64.5 cm³/mol. The fourth-order valence-corrected chi connectivity index (χ4v) is 1.26. The summed E-state index contributed by atoms with van der Waals surface area (Å²) in [6.07, 6.45) is -0.729. The lowest BCUT2D eigenvalue weighted by Gasteiger charge is -2.08. The van der Waals surface area contributed by atoms with Gasteiger partial charge in [0.05, 0.1) is 33.0 Å². The Labute approximate surface area is 102 Å². The molecule has 1 atom stereocenters. The minimum atomic E-state index is -0.729. The van der Waals surface area contributed by atoms with Crippen LogP contribution in [0.3, 0.4) is 0 Å². The van der Waals surface area contributed by atoms with Crippen molar-refractivity contribution in [2.45, 2.75) is 19.8 Å². The first kappa shape index (κ1) is 14.1. The molecule has 0 saturated carbocycles. The fourth-order valence-electron chi connectivity index (χ4n) is 1.26. The molecule has 0 aromatic heterocycles. The molecule has 0 spiro atoms. The molecule has 1 aromatic rings. The molecule has 1 unspecified atom stereocenters. The van der Waals surface area contributed by atoms with Crippen molar-refractivity contribution >= 4 is 0 Å². The highest BCUT2D eigenvalue weighted by Crippen LogP contribution is 1.99. The van der Waals surface area contributed by atoms with E-state index in [0.717, 1.165) is 5.56 Å². The Morgan fingerprint density at radius 2 is 1.65 bits per heavy atom. The van der Waals surface area contributed by atoms with E-state index >= 15 is 0 Å². The van der Waals surface area contributed by atoms with Gasteiger partial charge in [0.1, 0.15) is 0 Å². The van der Waals surface area contributed by atoms with Gasteiger partial charge in [-0.1, -0.05) is 30.3 Å². The molecule has 1 rings (SSSR count). The van der Waals surface area contributed by atoms with Gasteiger partial charge >= 0.3 is 0 Å². The topological polar surface area (TPSA) is 47.9 Å². The predicted octanol–water partition coefficient (Wildman–Crippen LogP) is 1.57. The lowest BCUT2D eigenvalue weighted by Crippen LogP contribution is -2.13. The number of benzene rings is 1. The van der Waals surface area contributed by atoms with Crippen molar-refractivity contribution in [3.8, 4) is 0 Å². The molecule has 0 fully saturated rings. The molecule has 4 heteroatoms. The van der Waals surface area contributed by atoms with Gasteiger partial charge in [0.25, 0.3) is 0 Å². The zero-order chi connectivity index (χ0) is 12.3. The molecule has 0 aliphatic rings. The lowest BCUT2D eigenvalue weighted by molar-refractivity contribution is -0.102. The molecule has 0 amide bonds. The number of hydrogen-bond acceptors (Lipinski definition) is 4.